The number of rotatable bonds is 4. The average molecular weight is 301 g/mol. The van der Waals surface area contributed by atoms with Gasteiger partial charge >= 0.3 is 5.97 Å². The predicted octanol–water partition coefficient (Wildman–Crippen LogP) is 5.37. The molecule has 0 atom stereocenters. The van der Waals surface area contributed by atoms with Crippen LogP contribution in [0.1, 0.15) is 77.0 Å². The van der Waals surface area contributed by atoms with Crippen molar-refractivity contribution in [3.05, 3.63) is 40.2 Å². The highest BCUT2D eigenvalue weighted by atomic mass is 16.6. The second kappa shape index (κ2) is 6.96. The van der Waals surface area contributed by atoms with E-state index in [9.17, 15) is 4.79 Å². The topological polar surface area (TPSA) is 30.7 Å². The Morgan fingerprint density at radius 1 is 1.18 bits per heavy atom. The van der Waals surface area contributed by atoms with E-state index in [1.54, 1.807) is 0 Å². The summed E-state index contributed by atoms with van der Waals surface area (Å²) in [4.78, 5) is 15.9. The molecule has 0 aromatic heterocycles. The first kappa shape index (κ1) is 18.2. The zero-order valence-electron chi connectivity index (χ0n) is 14.8. The fourth-order valence-corrected chi connectivity index (χ4v) is 2.67. The average Bonchev–Trinajstić information content (AvgIpc) is 2.34. The lowest BCUT2D eigenvalue weighted by atomic mass is 9.86. The second-order valence-electron chi connectivity index (χ2n) is 7.25. The van der Waals surface area contributed by atoms with Crippen LogP contribution in [0.2, 0.25) is 0 Å². The van der Waals surface area contributed by atoms with Gasteiger partial charge in [0.15, 0.2) is 5.69 Å². The van der Waals surface area contributed by atoms with E-state index in [-0.39, 0.29) is 18.3 Å². The minimum absolute atomic E-state index is 0.195. The van der Waals surface area contributed by atoms with Gasteiger partial charge in [-0.15, -0.1) is 0 Å². The number of hydrogen-bond acceptors (Lipinski definition) is 2. The highest BCUT2D eigenvalue weighted by molar-refractivity contribution is 5.76. The van der Waals surface area contributed by atoms with E-state index in [4.69, 9.17) is 11.3 Å². The number of benzene rings is 1. The van der Waals surface area contributed by atoms with E-state index < -0.39 is 5.60 Å². The van der Waals surface area contributed by atoms with Crippen molar-refractivity contribution in [1.29, 1.82) is 0 Å². The maximum atomic E-state index is 12.3. The van der Waals surface area contributed by atoms with Gasteiger partial charge in [-0.3, -0.25) is 4.79 Å². The van der Waals surface area contributed by atoms with Crippen molar-refractivity contribution in [3.63, 3.8) is 0 Å². The third-order valence-corrected chi connectivity index (χ3v) is 3.43. The molecule has 120 valence electrons. The van der Waals surface area contributed by atoms with Gasteiger partial charge in [0.25, 0.3) is 0 Å². The highest BCUT2D eigenvalue weighted by Gasteiger charge is 2.23. The Bertz CT molecular complexity index is 587. The van der Waals surface area contributed by atoms with Gasteiger partial charge in [-0.1, -0.05) is 39.8 Å². The van der Waals surface area contributed by atoms with Crippen molar-refractivity contribution in [2.45, 2.75) is 72.3 Å². The summed E-state index contributed by atoms with van der Waals surface area (Å²) in [6.45, 7) is 21.3. The quantitative estimate of drug-likeness (QED) is 0.553. The molecule has 0 bridgehead atoms. The van der Waals surface area contributed by atoms with Crippen LogP contribution in [0.5, 0.6) is 0 Å². The zero-order valence-corrected chi connectivity index (χ0v) is 14.8. The minimum atomic E-state index is -0.496. The van der Waals surface area contributed by atoms with Gasteiger partial charge in [-0.05, 0) is 49.3 Å². The maximum absolute atomic E-state index is 12.3. The number of carbonyl (C=O) groups is 1. The largest absolute Gasteiger partial charge is 0.460 e. The lowest BCUT2D eigenvalue weighted by Gasteiger charge is -2.23. The standard InChI is InChI=1S/C19H27NO2/c1-12(2)14-9-10-16(20-8)18(13(3)4)15(14)11-17(21)22-19(5,6)7/h9-10,12-13H,11H2,1-7H3. The monoisotopic (exact) mass is 301 g/mol. The molecule has 1 rings (SSSR count). The van der Waals surface area contributed by atoms with Gasteiger partial charge in [0, 0.05) is 0 Å². The van der Waals surface area contributed by atoms with Crippen LogP contribution in [0.3, 0.4) is 0 Å². The summed E-state index contributed by atoms with van der Waals surface area (Å²) in [6, 6.07) is 3.85. The van der Waals surface area contributed by atoms with Gasteiger partial charge in [0.1, 0.15) is 5.60 Å². The molecule has 0 spiro atoms. The Hall–Kier alpha value is -1.82. The SMILES string of the molecule is [C-]#[N+]c1ccc(C(C)C)c(CC(=O)OC(C)(C)C)c1C(C)C. The molecule has 0 unspecified atom stereocenters. The molecule has 0 saturated carbocycles. The molecule has 0 aliphatic heterocycles. The summed E-state index contributed by atoms with van der Waals surface area (Å²) >= 11 is 0. The van der Waals surface area contributed by atoms with Gasteiger partial charge in [0.2, 0.25) is 0 Å². The molecule has 3 heteroatoms. The first-order valence-corrected chi connectivity index (χ1v) is 7.81. The smallest absolute Gasteiger partial charge is 0.310 e. The van der Waals surface area contributed by atoms with Crippen molar-refractivity contribution in [2.24, 2.45) is 0 Å². The van der Waals surface area contributed by atoms with Crippen molar-refractivity contribution in [1.82, 2.24) is 0 Å². The molecule has 0 radical (unpaired) electrons. The van der Waals surface area contributed by atoms with Gasteiger partial charge in [-0.2, -0.15) is 0 Å². The van der Waals surface area contributed by atoms with Crippen LogP contribution in [0.4, 0.5) is 5.69 Å². The highest BCUT2D eigenvalue weighted by Crippen LogP contribution is 2.36. The van der Waals surface area contributed by atoms with Crippen LogP contribution in [0.25, 0.3) is 4.85 Å². The maximum Gasteiger partial charge on any atom is 0.310 e. The summed E-state index contributed by atoms with van der Waals surface area (Å²) in [5, 5.41) is 0. The van der Waals surface area contributed by atoms with E-state index in [1.165, 1.54) is 0 Å². The first-order valence-electron chi connectivity index (χ1n) is 7.81. The Labute approximate surface area is 134 Å². The van der Waals surface area contributed by atoms with Gasteiger partial charge < -0.3 is 4.74 Å². The number of ether oxygens (including phenoxy) is 1. The summed E-state index contributed by atoms with van der Waals surface area (Å²) in [7, 11) is 0. The molecule has 0 aliphatic rings. The fraction of sp³-hybridized carbons (Fsp3) is 0.579. The Morgan fingerprint density at radius 3 is 2.18 bits per heavy atom. The Kier molecular flexibility index (Phi) is 5.77. The molecular weight excluding hydrogens is 274 g/mol. The molecule has 22 heavy (non-hydrogen) atoms. The van der Waals surface area contributed by atoms with E-state index >= 15 is 0 Å². The van der Waals surface area contributed by atoms with E-state index in [1.807, 2.05) is 32.9 Å². The third-order valence-electron chi connectivity index (χ3n) is 3.43. The number of carbonyl (C=O) groups excluding carboxylic acids is 1. The van der Waals surface area contributed by atoms with Crippen LogP contribution in [0.15, 0.2) is 12.1 Å². The van der Waals surface area contributed by atoms with Crippen LogP contribution in [-0.4, -0.2) is 11.6 Å². The van der Waals surface area contributed by atoms with Crippen LogP contribution in [-0.2, 0) is 16.0 Å². The molecule has 1 aromatic rings. The minimum Gasteiger partial charge on any atom is -0.460 e. The van der Waals surface area contributed by atoms with Crippen molar-refractivity contribution in [3.8, 4) is 0 Å². The summed E-state index contributed by atoms with van der Waals surface area (Å²) in [5.74, 6) is 0.258. The third kappa shape index (κ3) is 4.59. The van der Waals surface area contributed by atoms with E-state index in [0.29, 0.717) is 11.6 Å². The fourth-order valence-electron chi connectivity index (χ4n) is 2.67. The normalized spacial score (nSPS) is 11.6. The van der Waals surface area contributed by atoms with Gasteiger partial charge in [0.05, 0.1) is 13.0 Å². The molecule has 3 nitrogen and oxygen atoms in total. The molecular formula is C19H27NO2. The van der Waals surface area contributed by atoms with Crippen LogP contribution in [0, 0.1) is 6.57 Å². The Morgan fingerprint density at radius 2 is 1.77 bits per heavy atom. The molecule has 0 saturated heterocycles. The van der Waals surface area contributed by atoms with Crippen molar-refractivity contribution < 1.29 is 9.53 Å². The Balaban J connectivity index is 3.36. The predicted molar refractivity (Wildman–Crippen MR) is 90.4 cm³/mol. The molecule has 0 heterocycles. The molecule has 0 aliphatic carbocycles. The number of nitrogens with zero attached hydrogens (tertiary/aromatic N) is 1. The molecule has 1 aromatic carbocycles. The molecule has 0 N–H and O–H groups in total. The summed E-state index contributed by atoms with van der Waals surface area (Å²) in [5.41, 5.74) is 3.21. The van der Waals surface area contributed by atoms with Crippen molar-refractivity contribution in [2.75, 3.05) is 0 Å². The van der Waals surface area contributed by atoms with Crippen molar-refractivity contribution >= 4 is 11.7 Å². The summed E-state index contributed by atoms with van der Waals surface area (Å²) < 4.78 is 5.47. The van der Waals surface area contributed by atoms with Crippen LogP contribution >= 0.6 is 0 Å². The lowest BCUT2D eigenvalue weighted by Crippen LogP contribution is -2.25. The summed E-state index contributed by atoms with van der Waals surface area (Å²) in [6.07, 6.45) is 0.224. The number of esters is 1. The second-order valence-corrected chi connectivity index (χ2v) is 7.25. The van der Waals surface area contributed by atoms with Gasteiger partial charge in [-0.25, -0.2) is 4.85 Å². The van der Waals surface area contributed by atoms with E-state index in [2.05, 4.69) is 32.5 Å². The first-order chi connectivity index (χ1) is 10.1. The zero-order chi connectivity index (χ0) is 17.1. The lowest BCUT2D eigenvalue weighted by molar-refractivity contribution is -0.153. The van der Waals surface area contributed by atoms with E-state index in [0.717, 1.165) is 16.7 Å². The number of hydrogen-bond donors (Lipinski definition) is 0. The van der Waals surface area contributed by atoms with Crippen LogP contribution < -0.4 is 0 Å². The molecule has 0 fully saturated rings. The molecule has 0 amide bonds.